The molecule has 0 atom stereocenters. The van der Waals surface area contributed by atoms with Gasteiger partial charge in [0.25, 0.3) is 11.5 Å². The van der Waals surface area contributed by atoms with Gasteiger partial charge in [0.05, 0.1) is 0 Å². The number of hydrogen-bond donors (Lipinski definition) is 2. The lowest BCUT2D eigenvalue weighted by Crippen LogP contribution is -2.38. The quantitative estimate of drug-likeness (QED) is 0.877. The normalized spacial score (nSPS) is 16.2. The van der Waals surface area contributed by atoms with Gasteiger partial charge in [0, 0.05) is 17.6 Å². The Bertz CT molecular complexity index is 687. The molecule has 5 heteroatoms. The molecule has 0 spiro atoms. The standard InChI is InChI=1S/C15H17N3O2/c19-14(17-11-6-2-1-3-7-11)12-9-10-5-4-8-16-13(10)18-15(12)20/h4-5,8-9,11H,1-3,6-7H2,(H,17,19)(H,16,18,20). The maximum atomic E-state index is 12.2. The van der Waals surface area contributed by atoms with Crippen molar-refractivity contribution in [1.82, 2.24) is 15.3 Å². The molecular weight excluding hydrogens is 254 g/mol. The number of fused-ring (bicyclic) bond motifs is 1. The summed E-state index contributed by atoms with van der Waals surface area (Å²) in [7, 11) is 0. The highest BCUT2D eigenvalue weighted by atomic mass is 16.2. The minimum Gasteiger partial charge on any atom is -0.349 e. The highest BCUT2D eigenvalue weighted by Crippen LogP contribution is 2.17. The van der Waals surface area contributed by atoms with Crippen LogP contribution in [0.4, 0.5) is 0 Å². The summed E-state index contributed by atoms with van der Waals surface area (Å²) in [6, 6.07) is 5.42. The molecule has 20 heavy (non-hydrogen) atoms. The molecule has 3 rings (SSSR count). The molecule has 1 fully saturated rings. The van der Waals surface area contributed by atoms with Crippen LogP contribution in [0.2, 0.25) is 0 Å². The molecular formula is C15H17N3O2. The number of aromatic nitrogens is 2. The van der Waals surface area contributed by atoms with E-state index in [0.29, 0.717) is 5.65 Å². The summed E-state index contributed by atoms with van der Waals surface area (Å²) in [5, 5.41) is 3.73. The number of H-pyrrole nitrogens is 1. The van der Waals surface area contributed by atoms with Crippen molar-refractivity contribution in [2.24, 2.45) is 0 Å². The molecule has 104 valence electrons. The summed E-state index contributed by atoms with van der Waals surface area (Å²) in [4.78, 5) is 30.9. The van der Waals surface area contributed by atoms with Gasteiger partial charge >= 0.3 is 0 Å². The second-order valence-electron chi connectivity index (χ2n) is 5.26. The fraction of sp³-hybridized carbons (Fsp3) is 0.400. The Labute approximate surface area is 116 Å². The average molecular weight is 271 g/mol. The van der Waals surface area contributed by atoms with Crippen LogP contribution in [0.3, 0.4) is 0 Å². The van der Waals surface area contributed by atoms with Crippen LogP contribution in [-0.2, 0) is 0 Å². The van der Waals surface area contributed by atoms with E-state index in [0.717, 1.165) is 31.1 Å². The molecule has 2 aromatic rings. The highest BCUT2D eigenvalue weighted by Gasteiger charge is 2.18. The van der Waals surface area contributed by atoms with E-state index in [9.17, 15) is 9.59 Å². The Morgan fingerprint density at radius 1 is 1.30 bits per heavy atom. The highest BCUT2D eigenvalue weighted by molar-refractivity contribution is 5.96. The fourth-order valence-electron chi connectivity index (χ4n) is 2.71. The van der Waals surface area contributed by atoms with Gasteiger partial charge in [-0.05, 0) is 31.0 Å². The third-order valence-electron chi connectivity index (χ3n) is 3.80. The summed E-state index contributed by atoms with van der Waals surface area (Å²) in [5.41, 5.74) is 0.285. The zero-order chi connectivity index (χ0) is 13.9. The van der Waals surface area contributed by atoms with Gasteiger partial charge in [-0.3, -0.25) is 9.59 Å². The SMILES string of the molecule is O=C(NC1CCCCC1)c1cc2cccnc2[nH]c1=O. The van der Waals surface area contributed by atoms with Crippen molar-refractivity contribution >= 4 is 16.9 Å². The maximum absolute atomic E-state index is 12.2. The number of amides is 1. The van der Waals surface area contributed by atoms with Gasteiger partial charge in [-0.1, -0.05) is 19.3 Å². The molecule has 1 saturated carbocycles. The van der Waals surface area contributed by atoms with Gasteiger partial charge in [0.2, 0.25) is 0 Å². The molecule has 5 nitrogen and oxygen atoms in total. The Kier molecular flexibility index (Phi) is 3.50. The molecule has 0 radical (unpaired) electrons. The number of aromatic amines is 1. The van der Waals surface area contributed by atoms with Crippen molar-refractivity contribution in [2.45, 2.75) is 38.1 Å². The lowest BCUT2D eigenvalue weighted by Gasteiger charge is -2.22. The maximum Gasteiger partial charge on any atom is 0.262 e. The zero-order valence-corrected chi connectivity index (χ0v) is 11.2. The van der Waals surface area contributed by atoms with E-state index >= 15 is 0 Å². The van der Waals surface area contributed by atoms with Gasteiger partial charge < -0.3 is 10.3 Å². The number of pyridine rings is 2. The summed E-state index contributed by atoms with van der Waals surface area (Å²) < 4.78 is 0. The Morgan fingerprint density at radius 2 is 2.10 bits per heavy atom. The summed E-state index contributed by atoms with van der Waals surface area (Å²) >= 11 is 0. The minimum atomic E-state index is -0.385. The number of carbonyl (C=O) groups excluding carboxylic acids is 1. The first-order valence-corrected chi connectivity index (χ1v) is 7.03. The number of rotatable bonds is 2. The molecule has 2 N–H and O–H groups in total. The largest absolute Gasteiger partial charge is 0.349 e. The number of nitrogens with one attached hydrogen (secondary N) is 2. The topological polar surface area (TPSA) is 74.8 Å². The first kappa shape index (κ1) is 12.8. The van der Waals surface area contributed by atoms with Gasteiger partial charge in [-0.25, -0.2) is 4.98 Å². The molecule has 0 saturated heterocycles. The minimum absolute atomic E-state index is 0.163. The summed E-state index contributed by atoms with van der Waals surface area (Å²) in [6.45, 7) is 0. The summed E-state index contributed by atoms with van der Waals surface area (Å²) in [5.74, 6) is -0.288. The monoisotopic (exact) mass is 271 g/mol. The van der Waals surface area contributed by atoms with Crippen molar-refractivity contribution in [3.8, 4) is 0 Å². The van der Waals surface area contributed by atoms with Gasteiger partial charge in [-0.15, -0.1) is 0 Å². The number of nitrogens with zero attached hydrogens (tertiary/aromatic N) is 1. The van der Waals surface area contributed by atoms with Crippen molar-refractivity contribution in [3.63, 3.8) is 0 Å². The van der Waals surface area contributed by atoms with Crippen LogP contribution in [0.15, 0.2) is 29.2 Å². The number of carbonyl (C=O) groups is 1. The first-order valence-electron chi connectivity index (χ1n) is 7.03. The van der Waals surface area contributed by atoms with Crippen LogP contribution in [0.5, 0.6) is 0 Å². The first-order chi connectivity index (χ1) is 9.74. The van der Waals surface area contributed by atoms with Crippen LogP contribution in [-0.4, -0.2) is 21.9 Å². The van der Waals surface area contributed by atoms with Crippen molar-refractivity contribution < 1.29 is 4.79 Å². The molecule has 1 aliphatic carbocycles. The molecule has 0 aliphatic heterocycles. The van der Waals surface area contributed by atoms with Crippen LogP contribution in [0.25, 0.3) is 11.0 Å². The molecule has 0 bridgehead atoms. The third-order valence-corrected chi connectivity index (χ3v) is 3.80. The van der Waals surface area contributed by atoms with E-state index < -0.39 is 0 Å². The Hall–Kier alpha value is -2.17. The van der Waals surface area contributed by atoms with E-state index in [1.807, 2.05) is 6.07 Å². The van der Waals surface area contributed by atoms with Gasteiger partial charge in [0.1, 0.15) is 11.2 Å². The molecule has 0 unspecified atom stereocenters. The van der Waals surface area contributed by atoms with E-state index in [-0.39, 0.29) is 23.1 Å². The Balaban J connectivity index is 1.87. The van der Waals surface area contributed by atoms with Crippen molar-refractivity contribution in [1.29, 1.82) is 0 Å². The van der Waals surface area contributed by atoms with Gasteiger partial charge in [-0.2, -0.15) is 0 Å². The second-order valence-corrected chi connectivity index (χ2v) is 5.26. The van der Waals surface area contributed by atoms with E-state index in [1.54, 1.807) is 18.3 Å². The second kappa shape index (κ2) is 5.45. The van der Waals surface area contributed by atoms with Crippen LogP contribution < -0.4 is 10.9 Å². The zero-order valence-electron chi connectivity index (χ0n) is 11.2. The van der Waals surface area contributed by atoms with E-state index in [4.69, 9.17) is 0 Å². The van der Waals surface area contributed by atoms with Gasteiger partial charge in [0.15, 0.2) is 0 Å². The predicted octanol–water partition coefficient (Wildman–Crippen LogP) is 1.99. The molecule has 2 aromatic heterocycles. The van der Waals surface area contributed by atoms with E-state index in [2.05, 4.69) is 15.3 Å². The van der Waals surface area contributed by atoms with Crippen molar-refractivity contribution in [2.75, 3.05) is 0 Å². The van der Waals surface area contributed by atoms with E-state index in [1.165, 1.54) is 6.42 Å². The average Bonchev–Trinajstić information content (AvgIpc) is 2.47. The third kappa shape index (κ3) is 2.57. The molecule has 1 amide bonds. The van der Waals surface area contributed by atoms with Crippen LogP contribution in [0, 0.1) is 0 Å². The molecule has 0 aromatic carbocycles. The predicted molar refractivity (Wildman–Crippen MR) is 76.7 cm³/mol. The van der Waals surface area contributed by atoms with Crippen LogP contribution >= 0.6 is 0 Å². The lowest BCUT2D eigenvalue weighted by molar-refractivity contribution is 0.0926. The summed E-state index contributed by atoms with van der Waals surface area (Å²) in [6.07, 6.45) is 7.12. The van der Waals surface area contributed by atoms with Crippen molar-refractivity contribution in [3.05, 3.63) is 40.3 Å². The smallest absolute Gasteiger partial charge is 0.262 e. The molecule has 2 heterocycles. The fourth-order valence-corrected chi connectivity index (χ4v) is 2.71. The number of hydrogen-bond acceptors (Lipinski definition) is 3. The molecule has 1 aliphatic rings. The Morgan fingerprint density at radius 3 is 2.90 bits per heavy atom. The van der Waals surface area contributed by atoms with Crippen LogP contribution in [0.1, 0.15) is 42.5 Å². The lowest BCUT2D eigenvalue weighted by atomic mass is 9.95.